The lowest BCUT2D eigenvalue weighted by Crippen LogP contribution is -2.33. The molecule has 1 aliphatic rings. The standard InChI is InChI=1S/C17H28N2O2/c1-3-18-14(2)15-6-7-17-16(13-15)5-4-8-19(17)9-11-21-12-10-20/h6-7,13-14,18,20H,3-5,8-12H2,1-2H3. The van der Waals surface area contributed by atoms with Gasteiger partial charge < -0.3 is 20.1 Å². The number of ether oxygens (including phenoxy) is 1. The second-order valence-corrected chi connectivity index (χ2v) is 5.59. The maximum Gasteiger partial charge on any atom is 0.0698 e. The summed E-state index contributed by atoms with van der Waals surface area (Å²) < 4.78 is 5.39. The van der Waals surface area contributed by atoms with E-state index in [-0.39, 0.29) is 6.61 Å². The molecule has 118 valence electrons. The number of aliphatic hydroxyl groups is 1. The van der Waals surface area contributed by atoms with Crippen LogP contribution in [0, 0.1) is 0 Å². The van der Waals surface area contributed by atoms with Crippen molar-refractivity contribution in [2.24, 2.45) is 0 Å². The van der Waals surface area contributed by atoms with Crippen LogP contribution in [0.3, 0.4) is 0 Å². The predicted octanol–water partition coefficient (Wildman–Crippen LogP) is 2.12. The molecule has 0 fully saturated rings. The number of fused-ring (bicyclic) bond motifs is 1. The van der Waals surface area contributed by atoms with Crippen molar-refractivity contribution in [3.05, 3.63) is 29.3 Å². The Hall–Kier alpha value is -1.10. The van der Waals surface area contributed by atoms with E-state index in [0.717, 1.165) is 26.1 Å². The number of nitrogens with one attached hydrogen (secondary N) is 1. The summed E-state index contributed by atoms with van der Waals surface area (Å²) in [6.45, 7) is 8.55. The highest BCUT2D eigenvalue weighted by molar-refractivity contribution is 5.57. The molecule has 4 nitrogen and oxygen atoms in total. The number of nitrogens with zero attached hydrogens (tertiary/aromatic N) is 1. The first-order valence-electron chi connectivity index (χ1n) is 8.06. The minimum absolute atomic E-state index is 0.0995. The van der Waals surface area contributed by atoms with Gasteiger partial charge in [-0.15, -0.1) is 0 Å². The molecular weight excluding hydrogens is 264 g/mol. The van der Waals surface area contributed by atoms with Crippen LogP contribution in [0.1, 0.15) is 37.4 Å². The van der Waals surface area contributed by atoms with Crippen LogP contribution >= 0.6 is 0 Å². The number of rotatable bonds is 8. The first-order valence-corrected chi connectivity index (χ1v) is 8.06. The Morgan fingerprint density at radius 1 is 1.38 bits per heavy atom. The number of aliphatic hydroxyl groups excluding tert-OH is 1. The third-order valence-corrected chi connectivity index (χ3v) is 4.07. The maximum atomic E-state index is 8.74. The second kappa shape index (κ2) is 8.37. The minimum atomic E-state index is 0.0995. The third kappa shape index (κ3) is 4.43. The van der Waals surface area contributed by atoms with Crippen LogP contribution in [0.5, 0.6) is 0 Å². The van der Waals surface area contributed by atoms with Crippen molar-refractivity contribution in [2.75, 3.05) is 44.4 Å². The van der Waals surface area contributed by atoms with Crippen molar-refractivity contribution < 1.29 is 9.84 Å². The molecule has 1 aromatic carbocycles. The number of hydrogen-bond donors (Lipinski definition) is 2. The van der Waals surface area contributed by atoms with Gasteiger partial charge in [0, 0.05) is 24.8 Å². The zero-order chi connectivity index (χ0) is 15.1. The van der Waals surface area contributed by atoms with E-state index in [1.165, 1.54) is 23.2 Å². The molecule has 0 aromatic heterocycles. The van der Waals surface area contributed by atoms with E-state index in [4.69, 9.17) is 9.84 Å². The summed E-state index contributed by atoms with van der Waals surface area (Å²) in [5, 5.41) is 12.2. The Kier molecular flexibility index (Phi) is 6.49. The van der Waals surface area contributed by atoms with Gasteiger partial charge in [-0.05, 0) is 43.5 Å². The van der Waals surface area contributed by atoms with Crippen LogP contribution in [-0.2, 0) is 11.2 Å². The van der Waals surface area contributed by atoms with E-state index in [1.807, 2.05) is 0 Å². The molecule has 0 spiro atoms. The normalized spacial score (nSPS) is 15.9. The van der Waals surface area contributed by atoms with Gasteiger partial charge >= 0.3 is 0 Å². The quantitative estimate of drug-likeness (QED) is 0.720. The van der Waals surface area contributed by atoms with Crippen molar-refractivity contribution in [1.82, 2.24) is 5.32 Å². The van der Waals surface area contributed by atoms with Crippen LogP contribution in [0.4, 0.5) is 5.69 Å². The van der Waals surface area contributed by atoms with Gasteiger partial charge in [-0.1, -0.05) is 19.1 Å². The number of aryl methyl sites for hydroxylation is 1. The molecule has 0 saturated carbocycles. The van der Waals surface area contributed by atoms with E-state index in [9.17, 15) is 0 Å². The largest absolute Gasteiger partial charge is 0.394 e. The van der Waals surface area contributed by atoms with Gasteiger partial charge in [0.15, 0.2) is 0 Å². The van der Waals surface area contributed by atoms with E-state index in [1.54, 1.807) is 0 Å². The van der Waals surface area contributed by atoms with Gasteiger partial charge in [-0.2, -0.15) is 0 Å². The van der Waals surface area contributed by atoms with Crippen LogP contribution < -0.4 is 10.2 Å². The summed E-state index contributed by atoms with van der Waals surface area (Å²) in [6, 6.07) is 7.25. The number of hydrogen-bond acceptors (Lipinski definition) is 4. The highest BCUT2D eigenvalue weighted by Gasteiger charge is 2.17. The lowest BCUT2D eigenvalue weighted by Gasteiger charge is -2.32. The summed E-state index contributed by atoms with van der Waals surface area (Å²) in [7, 11) is 0. The average molecular weight is 292 g/mol. The Balaban J connectivity index is 2.02. The molecule has 0 radical (unpaired) electrons. The molecule has 2 rings (SSSR count). The molecule has 0 bridgehead atoms. The van der Waals surface area contributed by atoms with Gasteiger partial charge in [0.05, 0.1) is 19.8 Å². The van der Waals surface area contributed by atoms with Gasteiger partial charge in [-0.25, -0.2) is 0 Å². The minimum Gasteiger partial charge on any atom is -0.394 e. The lowest BCUT2D eigenvalue weighted by molar-refractivity contribution is 0.0965. The van der Waals surface area contributed by atoms with Gasteiger partial charge in [0.25, 0.3) is 0 Å². The molecule has 2 N–H and O–H groups in total. The lowest BCUT2D eigenvalue weighted by atomic mass is 9.97. The van der Waals surface area contributed by atoms with E-state index >= 15 is 0 Å². The Bertz CT molecular complexity index is 437. The van der Waals surface area contributed by atoms with E-state index in [2.05, 4.69) is 42.3 Å². The molecule has 0 saturated heterocycles. The van der Waals surface area contributed by atoms with Gasteiger partial charge in [0.1, 0.15) is 0 Å². The zero-order valence-corrected chi connectivity index (χ0v) is 13.3. The molecule has 0 amide bonds. The average Bonchev–Trinajstić information content (AvgIpc) is 2.51. The van der Waals surface area contributed by atoms with E-state index in [0.29, 0.717) is 19.3 Å². The molecule has 1 unspecified atom stereocenters. The van der Waals surface area contributed by atoms with Crippen molar-refractivity contribution >= 4 is 5.69 Å². The predicted molar refractivity (Wildman–Crippen MR) is 87.0 cm³/mol. The van der Waals surface area contributed by atoms with Crippen molar-refractivity contribution in [1.29, 1.82) is 0 Å². The van der Waals surface area contributed by atoms with E-state index < -0.39 is 0 Å². The SMILES string of the molecule is CCNC(C)c1ccc2c(c1)CCCN2CCOCCO. The summed E-state index contributed by atoms with van der Waals surface area (Å²) >= 11 is 0. The van der Waals surface area contributed by atoms with Crippen molar-refractivity contribution in [3.63, 3.8) is 0 Å². The summed E-state index contributed by atoms with van der Waals surface area (Å²) in [5.74, 6) is 0. The molecule has 0 aliphatic carbocycles. The Morgan fingerprint density at radius 2 is 2.24 bits per heavy atom. The van der Waals surface area contributed by atoms with Crippen LogP contribution in [0.25, 0.3) is 0 Å². The second-order valence-electron chi connectivity index (χ2n) is 5.59. The highest BCUT2D eigenvalue weighted by Crippen LogP contribution is 2.29. The third-order valence-electron chi connectivity index (χ3n) is 4.07. The fourth-order valence-electron chi connectivity index (χ4n) is 2.96. The van der Waals surface area contributed by atoms with Crippen LogP contribution in [0.2, 0.25) is 0 Å². The first-order chi connectivity index (χ1) is 10.3. The first kappa shape index (κ1) is 16.3. The molecule has 1 heterocycles. The molecular formula is C17H28N2O2. The fourth-order valence-corrected chi connectivity index (χ4v) is 2.96. The Morgan fingerprint density at radius 3 is 3.00 bits per heavy atom. The van der Waals surface area contributed by atoms with Gasteiger partial charge in [-0.3, -0.25) is 0 Å². The molecule has 1 aliphatic heterocycles. The summed E-state index contributed by atoms with van der Waals surface area (Å²) in [4.78, 5) is 2.40. The summed E-state index contributed by atoms with van der Waals surface area (Å²) in [6.07, 6.45) is 2.36. The van der Waals surface area contributed by atoms with Crippen LogP contribution in [-0.4, -0.2) is 44.6 Å². The van der Waals surface area contributed by atoms with Gasteiger partial charge in [0.2, 0.25) is 0 Å². The highest BCUT2D eigenvalue weighted by atomic mass is 16.5. The fraction of sp³-hybridized carbons (Fsp3) is 0.647. The Labute approximate surface area is 128 Å². The number of benzene rings is 1. The van der Waals surface area contributed by atoms with Crippen molar-refractivity contribution in [3.8, 4) is 0 Å². The molecule has 21 heavy (non-hydrogen) atoms. The zero-order valence-electron chi connectivity index (χ0n) is 13.3. The molecule has 4 heteroatoms. The summed E-state index contributed by atoms with van der Waals surface area (Å²) in [5.41, 5.74) is 4.17. The smallest absolute Gasteiger partial charge is 0.0698 e. The molecule has 1 atom stereocenters. The van der Waals surface area contributed by atoms with Crippen LogP contribution in [0.15, 0.2) is 18.2 Å². The molecule has 1 aromatic rings. The maximum absolute atomic E-state index is 8.74. The monoisotopic (exact) mass is 292 g/mol. The topological polar surface area (TPSA) is 44.7 Å². The van der Waals surface area contributed by atoms with Crippen molar-refractivity contribution in [2.45, 2.75) is 32.7 Å². The number of anilines is 1.